The minimum Gasteiger partial charge on any atom is -0.462 e. The summed E-state index contributed by atoms with van der Waals surface area (Å²) < 4.78 is 10.2. The normalized spacial score (nSPS) is 13.1. The van der Waals surface area contributed by atoms with Gasteiger partial charge in [-0.2, -0.15) is 0 Å². The number of carbonyl (C=O) groups excluding carboxylic acids is 5. The van der Waals surface area contributed by atoms with E-state index < -0.39 is 29.7 Å². The summed E-state index contributed by atoms with van der Waals surface area (Å²) in [5.41, 5.74) is 1.06. The van der Waals surface area contributed by atoms with Crippen molar-refractivity contribution < 1.29 is 33.4 Å². The Hall–Kier alpha value is -4.55. The lowest BCUT2D eigenvalue weighted by Gasteiger charge is -2.16. The number of aromatic nitrogens is 1. The van der Waals surface area contributed by atoms with E-state index in [2.05, 4.69) is 15.6 Å². The minimum atomic E-state index is -0.779. The van der Waals surface area contributed by atoms with Gasteiger partial charge in [-0.3, -0.25) is 19.7 Å². The van der Waals surface area contributed by atoms with E-state index in [0.717, 1.165) is 16.2 Å². The lowest BCUT2D eigenvalue weighted by molar-refractivity contribution is -0.120. The number of nitrogens with zero attached hydrogens (tertiary/aromatic N) is 2. The Morgan fingerprint density at radius 3 is 2.44 bits per heavy atom. The molecule has 212 valence electrons. The van der Waals surface area contributed by atoms with E-state index in [1.165, 1.54) is 30.3 Å². The van der Waals surface area contributed by atoms with Crippen LogP contribution in [0.1, 0.15) is 56.9 Å². The van der Waals surface area contributed by atoms with Crippen molar-refractivity contribution >= 4 is 69.1 Å². The van der Waals surface area contributed by atoms with Crippen LogP contribution >= 0.6 is 22.9 Å². The molecule has 0 aliphatic carbocycles. The van der Waals surface area contributed by atoms with Gasteiger partial charge in [0.2, 0.25) is 0 Å². The first-order valence-electron chi connectivity index (χ1n) is 12.4. The second-order valence-corrected chi connectivity index (χ2v) is 10.3. The summed E-state index contributed by atoms with van der Waals surface area (Å²) in [5.74, 6) is -3.16. The van der Waals surface area contributed by atoms with E-state index in [1.54, 1.807) is 45.9 Å². The van der Waals surface area contributed by atoms with E-state index in [9.17, 15) is 24.0 Å². The number of ether oxygens (including phenoxy) is 2. The van der Waals surface area contributed by atoms with Crippen molar-refractivity contribution in [2.45, 2.75) is 33.8 Å². The summed E-state index contributed by atoms with van der Waals surface area (Å²) >= 11 is 7.24. The molecule has 0 unspecified atom stereocenters. The highest BCUT2D eigenvalue weighted by atomic mass is 35.5. The van der Waals surface area contributed by atoms with Gasteiger partial charge in [0.15, 0.2) is 5.13 Å². The number of anilines is 3. The zero-order chi connectivity index (χ0) is 29.8. The van der Waals surface area contributed by atoms with Gasteiger partial charge in [-0.15, -0.1) is 0 Å². The van der Waals surface area contributed by atoms with E-state index >= 15 is 0 Å². The third-order valence-electron chi connectivity index (χ3n) is 5.58. The Morgan fingerprint density at radius 1 is 1.02 bits per heavy atom. The number of hydrogen-bond donors (Lipinski definition) is 2. The number of benzene rings is 2. The third-order valence-corrected chi connectivity index (χ3v) is 6.99. The Kier molecular flexibility index (Phi) is 8.84. The predicted octanol–water partition coefficient (Wildman–Crippen LogP) is 4.88. The highest BCUT2D eigenvalue weighted by Crippen LogP contribution is 2.31. The maximum atomic E-state index is 13.2. The molecule has 0 bridgehead atoms. The van der Waals surface area contributed by atoms with Gasteiger partial charge in [0, 0.05) is 11.3 Å². The zero-order valence-electron chi connectivity index (χ0n) is 22.4. The molecule has 0 saturated heterocycles. The van der Waals surface area contributed by atoms with Crippen molar-refractivity contribution in [1.29, 1.82) is 0 Å². The Bertz CT molecular complexity index is 1600. The van der Waals surface area contributed by atoms with Crippen molar-refractivity contribution in [2.24, 2.45) is 0 Å². The quantitative estimate of drug-likeness (QED) is 0.261. The van der Waals surface area contributed by atoms with Crippen molar-refractivity contribution in [1.82, 2.24) is 4.98 Å². The van der Waals surface area contributed by atoms with Gasteiger partial charge in [-0.25, -0.2) is 19.5 Å². The fourth-order valence-electron chi connectivity index (χ4n) is 3.79. The summed E-state index contributed by atoms with van der Waals surface area (Å²) in [6.07, 6.45) is -0.348. The molecule has 0 atom stereocenters. The average molecular weight is 597 g/mol. The minimum absolute atomic E-state index is 0.141. The Balaban J connectivity index is 1.50. The number of esters is 2. The molecular formula is C28H25ClN4O7S. The molecule has 2 heterocycles. The van der Waals surface area contributed by atoms with Gasteiger partial charge in [-0.1, -0.05) is 35.1 Å². The van der Waals surface area contributed by atoms with Gasteiger partial charge in [-0.05, 0) is 64.1 Å². The third kappa shape index (κ3) is 6.44. The van der Waals surface area contributed by atoms with Crippen LogP contribution in [-0.2, 0) is 19.1 Å². The van der Waals surface area contributed by atoms with Gasteiger partial charge >= 0.3 is 11.9 Å². The number of rotatable bonds is 9. The Morgan fingerprint density at radius 2 is 1.73 bits per heavy atom. The first kappa shape index (κ1) is 29.4. The summed E-state index contributed by atoms with van der Waals surface area (Å²) in [6, 6.07) is 12.1. The molecule has 41 heavy (non-hydrogen) atoms. The number of amides is 3. The van der Waals surface area contributed by atoms with Crippen LogP contribution in [0.5, 0.6) is 0 Å². The second-order valence-electron chi connectivity index (χ2n) is 8.95. The van der Waals surface area contributed by atoms with Crippen LogP contribution in [-0.4, -0.2) is 47.4 Å². The SMILES string of the molecule is CCOC(=O)c1sc(NC(=O)c2cccc(NC3=C(Cl)C(=O)N(c4cccc(C(=O)OC(C)C)c4)C3=O)c2)nc1C. The average Bonchev–Trinajstić information content (AvgIpc) is 3.40. The van der Waals surface area contributed by atoms with Crippen LogP contribution in [0.4, 0.5) is 16.5 Å². The molecule has 0 fully saturated rings. The fraction of sp³-hybridized carbons (Fsp3) is 0.214. The standard InChI is InChI=1S/C28H25ClN4O7S/c1-5-39-27(38)22-15(4)30-28(41-22)32-23(34)16-8-6-10-18(12-16)31-21-20(29)24(35)33(25(21)36)19-11-7-9-17(13-19)26(37)40-14(2)3/h6-14,31H,5H2,1-4H3,(H,30,32,34). The zero-order valence-corrected chi connectivity index (χ0v) is 24.0. The number of hydrogen-bond acceptors (Lipinski definition) is 10. The highest BCUT2D eigenvalue weighted by Gasteiger charge is 2.39. The molecule has 2 N–H and O–H groups in total. The molecule has 0 saturated carbocycles. The predicted molar refractivity (Wildman–Crippen MR) is 153 cm³/mol. The molecular weight excluding hydrogens is 572 g/mol. The van der Waals surface area contributed by atoms with Gasteiger partial charge in [0.1, 0.15) is 15.6 Å². The first-order valence-corrected chi connectivity index (χ1v) is 13.6. The van der Waals surface area contributed by atoms with Crippen LogP contribution in [0.15, 0.2) is 59.3 Å². The molecule has 11 nitrogen and oxygen atoms in total. The molecule has 1 aliphatic heterocycles. The smallest absolute Gasteiger partial charge is 0.350 e. The molecule has 1 aliphatic rings. The molecule has 2 aromatic carbocycles. The summed E-state index contributed by atoms with van der Waals surface area (Å²) in [6.45, 7) is 6.95. The van der Waals surface area contributed by atoms with Gasteiger partial charge in [0.25, 0.3) is 17.7 Å². The summed E-state index contributed by atoms with van der Waals surface area (Å²) in [5, 5.41) is 5.33. The molecule has 1 aromatic heterocycles. The lowest BCUT2D eigenvalue weighted by atomic mass is 10.2. The number of nitrogens with one attached hydrogen (secondary N) is 2. The fourth-order valence-corrected chi connectivity index (χ4v) is 4.86. The number of halogens is 1. The van der Waals surface area contributed by atoms with Crippen LogP contribution in [0.3, 0.4) is 0 Å². The molecule has 0 radical (unpaired) electrons. The van der Waals surface area contributed by atoms with Gasteiger partial charge in [0.05, 0.1) is 29.7 Å². The topological polar surface area (TPSA) is 144 Å². The van der Waals surface area contributed by atoms with Crippen LogP contribution in [0.25, 0.3) is 0 Å². The number of thiazole rings is 1. The van der Waals surface area contributed by atoms with Crippen molar-refractivity contribution in [3.05, 3.63) is 81.0 Å². The highest BCUT2D eigenvalue weighted by molar-refractivity contribution is 7.17. The van der Waals surface area contributed by atoms with Gasteiger partial charge < -0.3 is 14.8 Å². The lowest BCUT2D eigenvalue weighted by Crippen LogP contribution is -2.32. The van der Waals surface area contributed by atoms with Crippen molar-refractivity contribution in [2.75, 3.05) is 22.1 Å². The van der Waals surface area contributed by atoms with E-state index in [0.29, 0.717) is 11.4 Å². The summed E-state index contributed by atoms with van der Waals surface area (Å²) in [7, 11) is 0. The molecule has 4 rings (SSSR count). The number of imide groups is 1. The molecule has 13 heteroatoms. The molecule has 3 aromatic rings. The number of aryl methyl sites for hydroxylation is 1. The molecule has 3 amide bonds. The molecule has 0 spiro atoms. The summed E-state index contributed by atoms with van der Waals surface area (Å²) in [4.78, 5) is 68.8. The largest absolute Gasteiger partial charge is 0.462 e. The maximum absolute atomic E-state index is 13.2. The maximum Gasteiger partial charge on any atom is 0.350 e. The second kappa shape index (κ2) is 12.3. The van der Waals surface area contributed by atoms with E-state index in [4.69, 9.17) is 21.1 Å². The van der Waals surface area contributed by atoms with Crippen LogP contribution in [0, 0.1) is 6.92 Å². The van der Waals surface area contributed by atoms with Crippen LogP contribution < -0.4 is 15.5 Å². The van der Waals surface area contributed by atoms with Crippen LogP contribution in [0.2, 0.25) is 0 Å². The van der Waals surface area contributed by atoms with Crippen molar-refractivity contribution in [3.8, 4) is 0 Å². The first-order chi connectivity index (χ1) is 19.5. The van der Waals surface area contributed by atoms with Crippen molar-refractivity contribution in [3.63, 3.8) is 0 Å². The monoisotopic (exact) mass is 596 g/mol. The number of carbonyl (C=O) groups is 5. The van der Waals surface area contributed by atoms with E-state index in [1.807, 2.05) is 0 Å². The van der Waals surface area contributed by atoms with E-state index in [-0.39, 0.29) is 50.3 Å². The Labute approximate surface area is 244 Å².